The summed E-state index contributed by atoms with van der Waals surface area (Å²) >= 11 is 0. The second-order valence-corrected chi connectivity index (χ2v) is 5.18. The minimum absolute atomic E-state index is 0.254. The maximum Gasteiger partial charge on any atom is 0.435 e. The molecule has 130 valence electrons. The van der Waals surface area contributed by atoms with Crippen molar-refractivity contribution in [2.75, 3.05) is 0 Å². The van der Waals surface area contributed by atoms with E-state index in [1.54, 1.807) is 11.0 Å². The number of nitrogens with one attached hydrogen (secondary N) is 1. The van der Waals surface area contributed by atoms with E-state index in [0.717, 1.165) is 28.2 Å². The molecular weight excluding hydrogens is 337 g/mol. The first kappa shape index (κ1) is 16.7. The van der Waals surface area contributed by atoms with E-state index in [4.69, 9.17) is 0 Å². The predicted molar refractivity (Wildman–Crippen MR) is 80.4 cm³/mol. The number of hydrogen-bond donors (Lipinski definition) is 1. The van der Waals surface area contributed by atoms with Gasteiger partial charge in [-0.2, -0.15) is 23.4 Å². The van der Waals surface area contributed by atoms with Crippen molar-refractivity contribution in [2.24, 2.45) is 0 Å². The highest BCUT2D eigenvalue weighted by Crippen LogP contribution is 2.27. The first-order chi connectivity index (χ1) is 11.9. The van der Waals surface area contributed by atoms with Gasteiger partial charge in [0.15, 0.2) is 5.69 Å². The predicted octanol–water partition coefficient (Wildman–Crippen LogP) is 1.80. The van der Waals surface area contributed by atoms with Crippen LogP contribution in [0.15, 0.2) is 49.2 Å². The molecule has 0 saturated carbocycles. The molecule has 1 amide bonds. The molecule has 2 heterocycles. The maximum atomic E-state index is 12.5. The van der Waals surface area contributed by atoms with E-state index in [2.05, 4.69) is 20.5 Å². The highest BCUT2D eigenvalue weighted by Gasteiger charge is 2.33. The lowest BCUT2D eigenvalue weighted by Gasteiger charge is -2.07. The van der Waals surface area contributed by atoms with E-state index in [0.29, 0.717) is 0 Å². The fourth-order valence-electron chi connectivity index (χ4n) is 2.11. The minimum atomic E-state index is -4.52. The Morgan fingerprint density at radius 3 is 2.52 bits per heavy atom. The normalized spacial score (nSPS) is 11.5. The summed E-state index contributed by atoms with van der Waals surface area (Å²) in [6, 6.07) is 8.09. The van der Waals surface area contributed by atoms with E-state index in [1.807, 2.05) is 24.3 Å². The number of benzene rings is 1. The SMILES string of the molecule is O=C(Cn1ccc(C(F)(F)F)n1)NCc1ccc(-n2cncn2)cc1. The van der Waals surface area contributed by atoms with E-state index in [9.17, 15) is 18.0 Å². The molecule has 10 heteroatoms. The minimum Gasteiger partial charge on any atom is -0.350 e. The van der Waals surface area contributed by atoms with Gasteiger partial charge in [-0.3, -0.25) is 9.48 Å². The van der Waals surface area contributed by atoms with Gasteiger partial charge >= 0.3 is 6.18 Å². The largest absolute Gasteiger partial charge is 0.435 e. The highest BCUT2D eigenvalue weighted by atomic mass is 19.4. The highest BCUT2D eigenvalue weighted by molar-refractivity contribution is 5.75. The molecular formula is C15H13F3N6O. The Hall–Kier alpha value is -3.17. The number of hydrogen-bond acceptors (Lipinski definition) is 4. The zero-order valence-corrected chi connectivity index (χ0v) is 12.8. The van der Waals surface area contributed by atoms with Crippen molar-refractivity contribution in [3.05, 3.63) is 60.4 Å². The number of carbonyl (C=O) groups is 1. The Morgan fingerprint density at radius 2 is 1.92 bits per heavy atom. The van der Waals surface area contributed by atoms with Crippen LogP contribution in [0, 0.1) is 0 Å². The van der Waals surface area contributed by atoms with Crippen LogP contribution in [0.1, 0.15) is 11.3 Å². The molecule has 7 nitrogen and oxygen atoms in total. The quantitative estimate of drug-likeness (QED) is 0.761. The van der Waals surface area contributed by atoms with Gasteiger partial charge in [0.05, 0.1) is 5.69 Å². The Morgan fingerprint density at radius 1 is 1.16 bits per heavy atom. The van der Waals surface area contributed by atoms with Gasteiger partial charge in [0.25, 0.3) is 0 Å². The smallest absolute Gasteiger partial charge is 0.350 e. The van der Waals surface area contributed by atoms with Crippen LogP contribution in [-0.4, -0.2) is 30.5 Å². The lowest BCUT2D eigenvalue weighted by atomic mass is 10.2. The van der Waals surface area contributed by atoms with Crippen LogP contribution in [0.4, 0.5) is 13.2 Å². The summed E-state index contributed by atoms with van der Waals surface area (Å²) in [6.45, 7) is -0.0308. The molecule has 0 aliphatic rings. The van der Waals surface area contributed by atoms with Crippen LogP contribution in [-0.2, 0) is 24.1 Å². The lowest BCUT2D eigenvalue weighted by molar-refractivity contribution is -0.141. The van der Waals surface area contributed by atoms with Crippen molar-refractivity contribution in [1.29, 1.82) is 0 Å². The number of alkyl halides is 3. The number of nitrogens with zero attached hydrogens (tertiary/aromatic N) is 5. The summed E-state index contributed by atoms with van der Waals surface area (Å²) in [4.78, 5) is 15.7. The molecule has 0 atom stereocenters. The van der Waals surface area contributed by atoms with E-state index in [1.165, 1.54) is 6.33 Å². The zero-order chi connectivity index (χ0) is 17.9. The van der Waals surface area contributed by atoms with Crippen LogP contribution in [0.3, 0.4) is 0 Å². The molecule has 0 spiro atoms. The first-order valence-corrected chi connectivity index (χ1v) is 7.23. The topological polar surface area (TPSA) is 77.6 Å². The third-order valence-electron chi connectivity index (χ3n) is 3.35. The van der Waals surface area contributed by atoms with Crippen LogP contribution in [0.5, 0.6) is 0 Å². The van der Waals surface area contributed by atoms with Gasteiger partial charge in [0.2, 0.25) is 5.91 Å². The van der Waals surface area contributed by atoms with Crippen molar-refractivity contribution in [2.45, 2.75) is 19.3 Å². The average Bonchev–Trinajstić information content (AvgIpc) is 3.24. The van der Waals surface area contributed by atoms with Gasteiger partial charge in [-0.05, 0) is 23.8 Å². The van der Waals surface area contributed by atoms with Crippen LogP contribution in [0.25, 0.3) is 5.69 Å². The van der Waals surface area contributed by atoms with Gasteiger partial charge in [-0.15, -0.1) is 0 Å². The number of amides is 1. The maximum absolute atomic E-state index is 12.5. The van der Waals surface area contributed by atoms with Crippen molar-refractivity contribution in [3.63, 3.8) is 0 Å². The van der Waals surface area contributed by atoms with Gasteiger partial charge in [-0.25, -0.2) is 9.67 Å². The fourth-order valence-corrected chi connectivity index (χ4v) is 2.11. The van der Waals surface area contributed by atoms with Gasteiger partial charge < -0.3 is 5.32 Å². The van der Waals surface area contributed by atoms with Gasteiger partial charge in [-0.1, -0.05) is 12.1 Å². The van der Waals surface area contributed by atoms with Crippen molar-refractivity contribution in [3.8, 4) is 5.69 Å². The lowest BCUT2D eigenvalue weighted by Crippen LogP contribution is -2.27. The molecule has 1 aromatic carbocycles. The second-order valence-electron chi connectivity index (χ2n) is 5.18. The monoisotopic (exact) mass is 350 g/mol. The molecule has 3 aromatic rings. The van der Waals surface area contributed by atoms with E-state index in [-0.39, 0.29) is 13.1 Å². The molecule has 0 bridgehead atoms. The molecule has 2 aromatic heterocycles. The van der Waals surface area contributed by atoms with Crippen molar-refractivity contribution < 1.29 is 18.0 Å². The first-order valence-electron chi connectivity index (χ1n) is 7.23. The van der Waals surface area contributed by atoms with Crippen LogP contribution >= 0.6 is 0 Å². The molecule has 0 fully saturated rings. The number of aromatic nitrogens is 5. The molecule has 3 rings (SSSR count). The average molecular weight is 350 g/mol. The molecule has 0 saturated heterocycles. The number of rotatable bonds is 5. The molecule has 0 radical (unpaired) electrons. The van der Waals surface area contributed by atoms with E-state index < -0.39 is 17.8 Å². The third kappa shape index (κ3) is 4.22. The Kier molecular flexibility index (Phi) is 4.50. The van der Waals surface area contributed by atoms with Crippen LogP contribution in [0.2, 0.25) is 0 Å². The summed E-state index contributed by atoms with van der Waals surface area (Å²) in [5, 5.41) is 9.97. The second kappa shape index (κ2) is 6.75. The van der Waals surface area contributed by atoms with Crippen molar-refractivity contribution in [1.82, 2.24) is 29.9 Å². The molecule has 0 unspecified atom stereocenters. The molecule has 1 N–H and O–H groups in total. The summed E-state index contributed by atoms with van der Waals surface area (Å²) in [5.41, 5.74) is 0.640. The Balaban J connectivity index is 1.53. The van der Waals surface area contributed by atoms with Crippen LogP contribution < -0.4 is 5.32 Å². The van der Waals surface area contributed by atoms with Crippen molar-refractivity contribution >= 4 is 5.91 Å². The number of halogens is 3. The van der Waals surface area contributed by atoms with Gasteiger partial charge in [0, 0.05) is 12.7 Å². The standard InChI is InChI=1S/C15H13F3N6O/c16-15(17,18)13-5-6-23(22-13)8-14(25)20-7-11-1-3-12(4-2-11)24-10-19-9-21-24/h1-6,9-10H,7-8H2,(H,20,25). The Labute approximate surface area is 140 Å². The van der Waals surface area contributed by atoms with E-state index >= 15 is 0 Å². The molecule has 0 aliphatic heterocycles. The zero-order valence-electron chi connectivity index (χ0n) is 12.8. The summed E-state index contributed by atoms with van der Waals surface area (Å²) in [6.07, 6.45) is -0.410. The van der Waals surface area contributed by atoms with Gasteiger partial charge in [0.1, 0.15) is 19.2 Å². The molecule has 25 heavy (non-hydrogen) atoms. The summed E-state index contributed by atoms with van der Waals surface area (Å²) in [7, 11) is 0. The summed E-state index contributed by atoms with van der Waals surface area (Å²) in [5.74, 6) is -0.433. The third-order valence-corrected chi connectivity index (χ3v) is 3.35. The fraction of sp³-hybridized carbons (Fsp3) is 0.200. The summed E-state index contributed by atoms with van der Waals surface area (Å²) < 4.78 is 39.9. The Bertz CT molecular complexity index is 839. The number of carbonyl (C=O) groups excluding carboxylic acids is 1. The molecule has 0 aliphatic carbocycles.